The summed E-state index contributed by atoms with van der Waals surface area (Å²) in [6.07, 6.45) is 3.08. The number of rotatable bonds is 5. The van der Waals surface area contributed by atoms with Crippen LogP contribution in [0.4, 0.5) is 0 Å². The molecular formula is C17H23N3O. The summed E-state index contributed by atoms with van der Waals surface area (Å²) >= 11 is 0. The van der Waals surface area contributed by atoms with Gasteiger partial charge in [0.15, 0.2) is 0 Å². The van der Waals surface area contributed by atoms with Crippen LogP contribution in [-0.2, 0) is 11.3 Å². The van der Waals surface area contributed by atoms with E-state index in [0.29, 0.717) is 5.92 Å². The highest BCUT2D eigenvalue weighted by molar-refractivity contribution is 5.80. The molecular weight excluding hydrogens is 262 g/mol. The van der Waals surface area contributed by atoms with Crippen molar-refractivity contribution in [3.63, 3.8) is 0 Å². The number of fused-ring (bicyclic) bond motifs is 1. The zero-order valence-electron chi connectivity index (χ0n) is 12.5. The van der Waals surface area contributed by atoms with Crippen molar-refractivity contribution in [2.45, 2.75) is 19.9 Å². The normalized spacial score (nSPS) is 21.8. The lowest BCUT2D eigenvalue weighted by molar-refractivity contribution is -0.125. The first-order valence-electron chi connectivity index (χ1n) is 7.78. The van der Waals surface area contributed by atoms with Crippen LogP contribution in [0.1, 0.15) is 13.3 Å². The van der Waals surface area contributed by atoms with Gasteiger partial charge in [-0.15, -0.1) is 0 Å². The van der Waals surface area contributed by atoms with Gasteiger partial charge < -0.3 is 15.2 Å². The minimum Gasteiger partial charge on any atom is -0.356 e. The first-order chi connectivity index (χ1) is 10.3. The van der Waals surface area contributed by atoms with Crippen LogP contribution in [0.2, 0.25) is 0 Å². The van der Waals surface area contributed by atoms with Crippen LogP contribution in [0.3, 0.4) is 0 Å². The molecule has 1 aromatic heterocycles. The summed E-state index contributed by atoms with van der Waals surface area (Å²) in [6.45, 7) is 5.58. The molecule has 0 radical (unpaired) electrons. The second-order valence-electron chi connectivity index (χ2n) is 5.95. The zero-order chi connectivity index (χ0) is 14.7. The second kappa shape index (κ2) is 6.31. The Labute approximate surface area is 125 Å². The van der Waals surface area contributed by atoms with Crippen LogP contribution in [-0.4, -0.2) is 30.1 Å². The van der Waals surface area contributed by atoms with E-state index in [0.717, 1.165) is 32.6 Å². The summed E-state index contributed by atoms with van der Waals surface area (Å²) in [7, 11) is 0. The van der Waals surface area contributed by atoms with Crippen LogP contribution in [0, 0.1) is 11.8 Å². The van der Waals surface area contributed by atoms with Crippen molar-refractivity contribution >= 4 is 16.8 Å². The van der Waals surface area contributed by atoms with Gasteiger partial charge in [-0.25, -0.2) is 0 Å². The first kappa shape index (κ1) is 14.1. The molecule has 112 valence electrons. The maximum absolute atomic E-state index is 12.1. The number of nitrogens with zero attached hydrogens (tertiary/aromatic N) is 1. The van der Waals surface area contributed by atoms with E-state index in [4.69, 9.17) is 0 Å². The Bertz CT molecular complexity index is 619. The Morgan fingerprint density at radius 1 is 1.33 bits per heavy atom. The summed E-state index contributed by atoms with van der Waals surface area (Å²) in [5, 5.41) is 7.61. The number of para-hydroxylation sites is 1. The Hall–Kier alpha value is -1.81. The highest BCUT2D eigenvalue weighted by atomic mass is 16.1. The number of amides is 1. The van der Waals surface area contributed by atoms with Gasteiger partial charge in [0.2, 0.25) is 5.91 Å². The molecule has 4 nitrogen and oxygen atoms in total. The Morgan fingerprint density at radius 3 is 3.00 bits per heavy atom. The fraction of sp³-hybridized carbons (Fsp3) is 0.471. The number of benzene rings is 1. The van der Waals surface area contributed by atoms with Crippen molar-refractivity contribution in [3.8, 4) is 0 Å². The molecule has 1 aromatic carbocycles. The van der Waals surface area contributed by atoms with E-state index in [1.807, 2.05) is 0 Å². The third-order valence-corrected chi connectivity index (χ3v) is 4.41. The van der Waals surface area contributed by atoms with Crippen molar-refractivity contribution < 1.29 is 4.79 Å². The minimum absolute atomic E-state index is 0.136. The Balaban J connectivity index is 1.47. The van der Waals surface area contributed by atoms with E-state index in [2.05, 4.69) is 58.7 Å². The Kier molecular flexibility index (Phi) is 4.25. The lowest BCUT2D eigenvalue weighted by Gasteiger charge is -2.14. The maximum Gasteiger partial charge on any atom is 0.224 e. The zero-order valence-corrected chi connectivity index (χ0v) is 12.5. The largest absolute Gasteiger partial charge is 0.356 e. The molecule has 1 aliphatic rings. The molecule has 3 rings (SSSR count). The van der Waals surface area contributed by atoms with Gasteiger partial charge in [-0.3, -0.25) is 4.79 Å². The predicted molar refractivity (Wildman–Crippen MR) is 85.1 cm³/mol. The molecule has 21 heavy (non-hydrogen) atoms. The van der Waals surface area contributed by atoms with Gasteiger partial charge in [0, 0.05) is 31.3 Å². The number of carbonyl (C=O) groups excluding carboxylic acids is 1. The number of aromatic nitrogens is 1. The van der Waals surface area contributed by atoms with Crippen LogP contribution >= 0.6 is 0 Å². The quantitative estimate of drug-likeness (QED) is 0.825. The monoisotopic (exact) mass is 285 g/mol. The first-order valence-corrected chi connectivity index (χ1v) is 7.78. The van der Waals surface area contributed by atoms with E-state index in [1.165, 1.54) is 10.9 Å². The molecule has 1 fully saturated rings. The van der Waals surface area contributed by atoms with Gasteiger partial charge in [-0.1, -0.05) is 25.1 Å². The van der Waals surface area contributed by atoms with E-state index in [9.17, 15) is 4.79 Å². The molecule has 0 saturated carbocycles. The molecule has 2 heterocycles. The summed E-state index contributed by atoms with van der Waals surface area (Å²) in [6, 6.07) is 10.5. The maximum atomic E-state index is 12.1. The van der Waals surface area contributed by atoms with E-state index in [-0.39, 0.29) is 11.8 Å². The molecule has 0 aliphatic carbocycles. The third kappa shape index (κ3) is 3.10. The lowest BCUT2D eigenvalue weighted by atomic mass is 9.97. The summed E-state index contributed by atoms with van der Waals surface area (Å²) < 4.78 is 2.25. The van der Waals surface area contributed by atoms with Crippen LogP contribution in [0.25, 0.3) is 10.9 Å². The van der Waals surface area contributed by atoms with Crippen LogP contribution in [0.5, 0.6) is 0 Å². The molecule has 1 amide bonds. The van der Waals surface area contributed by atoms with Crippen molar-refractivity contribution in [3.05, 3.63) is 36.5 Å². The standard InChI is InChI=1S/C17H23N3O/c1-13-11-18-12-15(13)17(21)19-8-4-9-20-10-7-14-5-2-3-6-16(14)20/h2-3,5-7,10,13,15,18H,4,8-9,11-12H2,1H3,(H,19,21)/t13-,15-/m1/s1. The predicted octanol–water partition coefficient (Wildman–Crippen LogP) is 2.00. The van der Waals surface area contributed by atoms with E-state index < -0.39 is 0 Å². The Morgan fingerprint density at radius 2 is 2.19 bits per heavy atom. The molecule has 1 saturated heterocycles. The average molecular weight is 285 g/mol. The van der Waals surface area contributed by atoms with Crippen LogP contribution < -0.4 is 10.6 Å². The molecule has 2 N–H and O–H groups in total. The number of nitrogens with one attached hydrogen (secondary N) is 2. The van der Waals surface area contributed by atoms with Crippen molar-refractivity contribution in [2.24, 2.45) is 11.8 Å². The van der Waals surface area contributed by atoms with Gasteiger partial charge in [-0.05, 0) is 36.4 Å². The molecule has 1 aliphatic heterocycles. The third-order valence-electron chi connectivity index (χ3n) is 4.41. The molecule has 4 heteroatoms. The molecule has 0 bridgehead atoms. The summed E-state index contributed by atoms with van der Waals surface area (Å²) in [5.74, 6) is 0.778. The SMILES string of the molecule is C[C@@H]1CNC[C@H]1C(=O)NCCCn1ccc2ccccc21. The highest BCUT2D eigenvalue weighted by Crippen LogP contribution is 2.16. The van der Waals surface area contributed by atoms with E-state index in [1.54, 1.807) is 0 Å². The van der Waals surface area contributed by atoms with Crippen molar-refractivity contribution in [1.29, 1.82) is 0 Å². The lowest BCUT2D eigenvalue weighted by Crippen LogP contribution is -2.35. The minimum atomic E-state index is 0.136. The summed E-state index contributed by atoms with van der Waals surface area (Å²) in [4.78, 5) is 12.1. The van der Waals surface area contributed by atoms with Gasteiger partial charge in [0.25, 0.3) is 0 Å². The smallest absolute Gasteiger partial charge is 0.224 e. The number of aryl methyl sites for hydroxylation is 1. The van der Waals surface area contributed by atoms with Gasteiger partial charge in [-0.2, -0.15) is 0 Å². The number of hydrogen-bond acceptors (Lipinski definition) is 2. The molecule has 0 spiro atoms. The number of carbonyl (C=O) groups is 1. The van der Waals surface area contributed by atoms with E-state index >= 15 is 0 Å². The fourth-order valence-electron chi connectivity index (χ4n) is 3.09. The van der Waals surface area contributed by atoms with Crippen molar-refractivity contribution in [1.82, 2.24) is 15.2 Å². The fourth-order valence-corrected chi connectivity index (χ4v) is 3.09. The van der Waals surface area contributed by atoms with Gasteiger partial charge in [0.05, 0.1) is 5.92 Å². The number of hydrogen-bond donors (Lipinski definition) is 2. The van der Waals surface area contributed by atoms with Gasteiger partial charge in [0.1, 0.15) is 0 Å². The van der Waals surface area contributed by atoms with Gasteiger partial charge >= 0.3 is 0 Å². The molecule has 0 unspecified atom stereocenters. The molecule has 2 atom stereocenters. The average Bonchev–Trinajstić information content (AvgIpc) is 3.10. The topological polar surface area (TPSA) is 46.1 Å². The highest BCUT2D eigenvalue weighted by Gasteiger charge is 2.28. The second-order valence-corrected chi connectivity index (χ2v) is 5.95. The van der Waals surface area contributed by atoms with Crippen molar-refractivity contribution in [2.75, 3.05) is 19.6 Å². The van der Waals surface area contributed by atoms with Crippen LogP contribution in [0.15, 0.2) is 36.5 Å². The summed E-state index contributed by atoms with van der Waals surface area (Å²) in [5.41, 5.74) is 1.26. The molecule has 2 aromatic rings.